The Hall–Kier alpha value is -1.10. The number of rotatable bonds is 4. The number of piperidine rings is 1. The maximum Gasteiger partial charge on any atom is 0.229 e. The minimum atomic E-state index is -0.573. The summed E-state index contributed by atoms with van der Waals surface area (Å²) in [5.41, 5.74) is 4.91. The van der Waals surface area contributed by atoms with Crippen LogP contribution in [0, 0.1) is 5.92 Å². The highest BCUT2D eigenvalue weighted by atomic mass is 16.2. The van der Waals surface area contributed by atoms with Gasteiger partial charge in [-0.1, -0.05) is 0 Å². The van der Waals surface area contributed by atoms with Crippen LogP contribution in [-0.4, -0.2) is 43.4 Å². The summed E-state index contributed by atoms with van der Waals surface area (Å²) in [7, 11) is 2.10. The summed E-state index contributed by atoms with van der Waals surface area (Å²) >= 11 is 0. The van der Waals surface area contributed by atoms with E-state index in [1.165, 1.54) is 0 Å². The molecule has 0 aromatic carbocycles. The molecule has 5 nitrogen and oxygen atoms in total. The number of nitrogens with one attached hydrogen (secondary N) is 1. The average molecular weight is 213 g/mol. The zero-order valence-corrected chi connectivity index (χ0v) is 9.16. The van der Waals surface area contributed by atoms with Crippen LogP contribution in [-0.2, 0) is 9.59 Å². The molecule has 1 saturated heterocycles. The van der Waals surface area contributed by atoms with Crippen LogP contribution in [0.1, 0.15) is 19.3 Å². The molecule has 1 heterocycles. The molecule has 1 aliphatic heterocycles. The van der Waals surface area contributed by atoms with E-state index in [0.717, 1.165) is 25.9 Å². The third-order valence-electron chi connectivity index (χ3n) is 2.76. The van der Waals surface area contributed by atoms with Gasteiger partial charge in [-0.25, -0.2) is 0 Å². The number of hydrogen-bond acceptors (Lipinski definition) is 3. The fraction of sp³-hybridized carbons (Fsp3) is 0.800. The van der Waals surface area contributed by atoms with Gasteiger partial charge in [-0.05, 0) is 38.9 Å². The number of hydrogen-bond donors (Lipinski definition) is 2. The molecule has 0 spiro atoms. The first kappa shape index (κ1) is 12.0. The number of carbonyl (C=O) groups is 2. The summed E-state index contributed by atoms with van der Waals surface area (Å²) in [6.45, 7) is 2.83. The minimum Gasteiger partial charge on any atom is -0.369 e. The molecular weight excluding hydrogens is 194 g/mol. The van der Waals surface area contributed by atoms with Crippen LogP contribution in [0.25, 0.3) is 0 Å². The summed E-state index contributed by atoms with van der Waals surface area (Å²) in [6, 6.07) is 0. The molecule has 0 unspecified atom stereocenters. The van der Waals surface area contributed by atoms with E-state index in [9.17, 15) is 9.59 Å². The lowest BCUT2D eigenvalue weighted by Gasteiger charge is -2.28. The van der Waals surface area contributed by atoms with Gasteiger partial charge in [0, 0.05) is 6.54 Å². The number of primary amides is 1. The number of nitrogens with zero attached hydrogens (tertiary/aromatic N) is 1. The van der Waals surface area contributed by atoms with Crippen molar-refractivity contribution in [1.82, 2.24) is 10.2 Å². The van der Waals surface area contributed by atoms with E-state index in [-0.39, 0.29) is 12.3 Å². The van der Waals surface area contributed by atoms with Gasteiger partial charge in [0.25, 0.3) is 0 Å². The zero-order chi connectivity index (χ0) is 11.3. The Bertz CT molecular complexity index is 235. The number of nitrogens with two attached hydrogens (primary N) is 1. The first-order chi connectivity index (χ1) is 7.08. The van der Waals surface area contributed by atoms with Crippen LogP contribution < -0.4 is 11.1 Å². The standard InChI is InChI=1S/C10H19N3O2/c1-13-4-2-8(3-5-13)7-12-10(15)6-9(11)14/h8H,2-7H2,1H3,(H2,11,14)(H,12,15). The summed E-state index contributed by atoms with van der Waals surface area (Å²) in [4.78, 5) is 23.9. The smallest absolute Gasteiger partial charge is 0.229 e. The molecule has 1 fully saturated rings. The number of likely N-dealkylation sites (tertiary alicyclic amines) is 1. The highest BCUT2D eigenvalue weighted by molar-refractivity contribution is 5.95. The lowest BCUT2D eigenvalue weighted by Crippen LogP contribution is -2.37. The monoisotopic (exact) mass is 213 g/mol. The van der Waals surface area contributed by atoms with E-state index in [1.54, 1.807) is 0 Å². The van der Waals surface area contributed by atoms with Gasteiger partial charge >= 0.3 is 0 Å². The Morgan fingerprint density at radius 1 is 1.40 bits per heavy atom. The van der Waals surface area contributed by atoms with Gasteiger partial charge in [0.1, 0.15) is 6.42 Å². The van der Waals surface area contributed by atoms with Crippen LogP contribution in [0.5, 0.6) is 0 Å². The SMILES string of the molecule is CN1CCC(CNC(=O)CC(N)=O)CC1. The van der Waals surface area contributed by atoms with E-state index in [4.69, 9.17) is 5.73 Å². The summed E-state index contributed by atoms with van der Waals surface area (Å²) < 4.78 is 0. The van der Waals surface area contributed by atoms with Crippen molar-refractivity contribution in [3.63, 3.8) is 0 Å². The van der Waals surface area contributed by atoms with Crippen LogP contribution in [0.3, 0.4) is 0 Å². The molecule has 0 aliphatic carbocycles. The van der Waals surface area contributed by atoms with Crippen LogP contribution >= 0.6 is 0 Å². The van der Waals surface area contributed by atoms with Gasteiger partial charge in [0.05, 0.1) is 0 Å². The van der Waals surface area contributed by atoms with Gasteiger partial charge in [0.2, 0.25) is 11.8 Å². The van der Waals surface area contributed by atoms with E-state index >= 15 is 0 Å². The second-order valence-corrected chi connectivity index (χ2v) is 4.19. The Morgan fingerprint density at radius 3 is 2.53 bits per heavy atom. The summed E-state index contributed by atoms with van der Waals surface area (Å²) in [5.74, 6) is -0.296. The molecule has 0 radical (unpaired) electrons. The predicted octanol–water partition coefficient (Wildman–Crippen LogP) is -0.680. The Kier molecular flexibility index (Phi) is 4.55. The topological polar surface area (TPSA) is 75.4 Å². The Labute approximate surface area is 90.0 Å². The molecule has 1 aliphatic rings. The molecule has 0 atom stereocenters. The fourth-order valence-corrected chi connectivity index (χ4v) is 1.75. The van der Waals surface area contributed by atoms with Crippen LogP contribution in [0.4, 0.5) is 0 Å². The third-order valence-corrected chi connectivity index (χ3v) is 2.76. The minimum absolute atomic E-state index is 0.202. The maximum atomic E-state index is 11.1. The van der Waals surface area contributed by atoms with Crippen molar-refractivity contribution in [3.05, 3.63) is 0 Å². The van der Waals surface area contributed by atoms with E-state index < -0.39 is 5.91 Å². The van der Waals surface area contributed by atoms with Crippen LogP contribution in [0.15, 0.2) is 0 Å². The molecule has 3 N–H and O–H groups in total. The Balaban J connectivity index is 2.14. The molecule has 0 aromatic rings. The van der Waals surface area contributed by atoms with E-state index in [2.05, 4.69) is 17.3 Å². The summed E-state index contributed by atoms with van der Waals surface area (Å²) in [5, 5.41) is 2.74. The van der Waals surface area contributed by atoms with Gasteiger partial charge in [0.15, 0.2) is 0 Å². The lowest BCUT2D eigenvalue weighted by atomic mass is 9.97. The first-order valence-corrected chi connectivity index (χ1v) is 5.31. The van der Waals surface area contributed by atoms with Crippen molar-refractivity contribution in [2.45, 2.75) is 19.3 Å². The highest BCUT2D eigenvalue weighted by Crippen LogP contribution is 2.14. The van der Waals surface area contributed by atoms with E-state index in [0.29, 0.717) is 12.5 Å². The van der Waals surface area contributed by atoms with Gasteiger partial charge in [-0.2, -0.15) is 0 Å². The second kappa shape index (κ2) is 5.70. The molecule has 0 saturated carbocycles. The van der Waals surface area contributed by atoms with Crippen molar-refractivity contribution in [2.24, 2.45) is 11.7 Å². The molecule has 2 amide bonds. The quantitative estimate of drug-likeness (QED) is 0.608. The van der Waals surface area contributed by atoms with E-state index in [1.807, 2.05) is 0 Å². The Morgan fingerprint density at radius 2 is 2.00 bits per heavy atom. The van der Waals surface area contributed by atoms with Crippen molar-refractivity contribution in [2.75, 3.05) is 26.7 Å². The van der Waals surface area contributed by atoms with Crippen molar-refractivity contribution >= 4 is 11.8 Å². The third kappa shape index (κ3) is 4.78. The average Bonchev–Trinajstić information content (AvgIpc) is 2.16. The summed E-state index contributed by atoms with van der Waals surface area (Å²) in [6.07, 6.45) is 2.01. The maximum absolute atomic E-state index is 11.1. The van der Waals surface area contributed by atoms with Crippen LogP contribution in [0.2, 0.25) is 0 Å². The molecule has 0 aromatic heterocycles. The normalized spacial score (nSPS) is 18.7. The molecular formula is C10H19N3O2. The largest absolute Gasteiger partial charge is 0.369 e. The number of amides is 2. The highest BCUT2D eigenvalue weighted by Gasteiger charge is 2.17. The van der Waals surface area contributed by atoms with Gasteiger partial charge < -0.3 is 16.0 Å². The molecule has 1 rings (SSSR count). The zero-order valence-electron chi connectivity index (χ0n) is 9.16. The lowest BCUT2D eigenvalue weighted by molar-refractivity contribution is -0.127. The van der Waals surface area contributed by atoms with Gasteiger partial charge in [-0.3, -0.25) is 9.59 Å². The second-order valence-electron chi connectivity index (χ2n) is 4.19. The molecule has 5 heteroatoms. The van der Waals surface area contributed by atoms with Crippen molar-refractivity contribution in [1.29, 1.82) is 0 Å². The number of carbonyl (C=O) groups excluding carboxylic acids is 2. The van der Waals surface area contributed by atoms with Crippen molar-refractivity contribution in [3.8, 4) is 0 Å². The first-order valence-electron chi connectivity index (χ1n) is 5.31. The molecule has 15 heavy (non-hydrogen) atoms. The molecule has 86 valence electrons. The van der Waals surface area contributed by atoms with Gasteiger partial charge in [-0.15, -0.1) is 0 Å². The molecule has 0 bridgehead atoms. The fourth-order valence-electron chi connectivity index (χ4n) is 1.75. The predicted molar refractivity (Wildman–Crippen MR) is 57.0 cm³/mol. The van der Waals surface area contributed by atoms with Crippen molar-refractivity contribution < 1.29 is 9.59 Å².